The molecule has 2 fully saturated rings. The van der Waals surface area contributed by atoms with Crippen molar-refractivity contribution in [3.05, 3.63) is 11.4 Å². The Bertz CT molecular complexity index is 434. The molecule has 1 aromatic rings. The van der Waals surface area contributed by atoms with Crippen LogP contribution in [0, 0.1) is 11.3 Å². The van der Waals surface area contributed by atoms with Crippen LogP contribution in [-0.4, -0.2) is 39.5 Å². The van der Waals surface area contributed by atoms with E-state index in [2.05, 4.69) is 21.3 Å². The summed E-state index contributed by atoms with van der Waals surface area (Å²) in [6.07, 6.45) is 5.00. The normalized spacial score (nSPS) is 20.6. The van der Waals surface area contributed by atoms with Crippen LogP contribution in [0.1, 0.15) is 43.0 Å². The lowest BCUT2D eigenvalue weighted by Gasteiger charge is -2.14. The molecule has 5 heteroatoms. The molecule has 2 heterocycles. The summed E-state index contributed by atoms with van der Waals surface area (Å²) in [6.45, 7) is 4.32. The highest BCUT2D eigenvalue weighted by atomic mass is 15.4. The molecule has 5 nitrogen and oxygen atoms in total. The topological polar surface area (TPSA) is 57.7 Å². The molecule has 0 radical (unpaired) electrons. The van der Waals surface area contributed by atoms with Crippen molar-refractivity contribution < 1.29 is 0 Å². The van der Waals surface area contributed by atoms with Crippen molar-refractivity contribution in [3.63, 3.8) is 0 Å². The molecular formula is C12H17N5. The number of nitriles is 1. The third-order valence-electron chi connectivity index (χ3n) is 3.67. The highest BCUT2D eigenvalue weighted by molar-refractivity contribution is 5.30. The number of hydrogen-bond acceptors (Lipinski definition) is 4. The first-order chi connectivity index (χ1) is 8.38. The van der Waals surface area contributed by atoms with Crippen LogP contribution in [0.25, 0.3) is 0 Å². The van der Waals surface area contributed by atoms with Gasteiger partial charge < -0.3 is 4.90 Å². The van der Waals surface area contributed by atoms with E-state index >= 15 is 0 Å². The number of nitrogens with zero attached hydrogens (tertiary/aromatic N) is 5. The van der Waals surface area contributed by atoms with E-state index in [1.165, 1.54) is 38.8 Å². The average Bonchev–Trinajstić information content (AvgIpc) is 2.92. The molecule has 1 saturated carbocycles. The zero-order chi connectivity index (χ0) is 11.7. The maximum atomic E-state index is 9.01. The average molecular weight is 231 g/mol. The van der Waals surface area contributed by atoms with Gasteiger partial charge in [0, 0.05) is 12.5 Å². The van der Waals surface area contributed by atoms with Crippen molar-refractivity contribution in [2.45, 2.75) is 38.1 Å². The largest absolute Gasteiger partial charge is 0.301 e. The summed E-state index contributed by atoms with van der Waals surface area (Å²) >= 11 is 0. The summed E-state index contributed by atoms with van der Waals surface area (Å²) in [6, 6.07) is 2.16. The van der Waals surface area contributed by atoms with Crippen molar-refractivity contribution >= 4 is 0 Å². The minimum absolute atomic E-state index is 0.536. The summed E-state index contributed by atoms with van der Waals surface area (Å²) in [5.41, 5.74) is 1.61. The molecule has 3 rings (SSSR count). The number of aromatic nitrogens is 3. The van der Waals surface area contributed by atoms with Crippen LogP contribution in [0.15, 0.2) is 0 Å². The van der Waals surface area contributed by atoms with Crippen LogP contribution in [0.4, 0.5) is 0 Å². The smallest absolute Gasteiger partial charge is 0.186 e. The van der Waals surface area contributed by atoms with Gasteiger partial charge in [0.2, 0.25) is 0 Å². The second-order valence-electron chi connectivity index (χ2n) is 4.98. The van der Waals surface area contributed by atoms with Crippen molar-refractivity contribution in [1.82, 2.24) is 19.9 Å². The number of rotatable bonds is 4. The van der Waals surface area contributed by atoms with E-state index in [9.17, 15) is 0 Å². The molecule has 17 heavy (non-hydrogen) atoms. The van der Waals surface area contributed by atoms with Crippen molar-refractivity contribution in [1.29, 1.82) is 5.26 Å². The SMILES string of the molecule is N#Cc1nnn(CCN2CCCC2)c1C1CC1. The first-order valence-corrected chi connectivity index (χ1v) is 6.44. The molecule has 0 spiro atoms. The fraction of sp³-hybridized carbons (Fsp3) is 0.750. The van der Waals surface area contributed by atoms with Gasteiger partial charge in [-0.15, -0.1) is 5.10 Å². The molecule has 0 atom stereocenters. The van der Waals surface area contributed by atoms with E-state index < -0.39 is 0 Å². The molecule has 0 amide bonds. The van der Waals surface area contributed by atoms with E-state index in [4.69, 9.17) is 5.26 Å². The van der Waals surface area contributed by atoms with Crippen LogP contribution >= 0.6 is 0 Å². The van der Waals surface area contributed by atoms with Gasteiger partial charge in [0.25, 0.3) is 0 Å². The van der Waals surface area contributed by atoms with Gasteiger partial charge in [0.1, 0.15) is 6.07 Å². The molecule has 1 aliphatic heterocycles. The Morgan fingerprint density at radius 2 is 2.00 bits per heavy atom. The minimum atomic E-state index is 0.536. The van der Waals surface area contributed by atoms with Gasteiger partial charge in [0.15, 0.2) is 5.69 Å². The van der Waals surface area contributed by atoms with Crippen LogP contribution in [0.3, 0.4) is 0 Å². The molecule has 0 bridgehead atoms. The number of hydrogen-bond donors (Lipinski definition) is 0. The van der Waals surface area contributed by atoms with Gasteiger partial charge in [-0.1, -0.05) is 5.21 Å². The van der Waals surface area contributed by atoms with Gasteiger partial charge in [-0.2, -0.15) is 5.26 Å². The standard InChI is InChI=1S/C12H17N5/c13-9-11-12(10-3-4-10)17(15-14-11)8-7-16-5-1-2-6-16/h10H,1-8H2. The molecule has 0 unspecified atom stereocenters. The summed E-state index contributed by atoms with van der Waals surface area (Å²) < 4.78 is 1.95. The van der Waals surface area contributed by atoms with E-state index in [-0.39, 0.29) is 0 Å². The molecule has 90 valence electrons. The maximum absolute atomic E-state index is 9.01. The summed E-state index contributed by atoms with van der Waals surface area (Å²) in [7, 11) is 0. The zero-order valence-electron chi connectivity index (χ0n) is 9.97. The lowest BCUT2D eigenvalue weighted by molar-refractivity contribution is 0.312. The first kappa shape index (κ1) is 10.7. The summed E-state index contributed by atoms with van der Waals surface area (Å²) in [5.74, 6) is 0.540. The second kappa shape index (κ2) is 4.46. The van der Waals surface area contributed by atoms with E-state index in [0.717, 1.165) is 18.8 Å². The third kappa shape index (κ3) is 2.18. The molecule has 0 aromatic carbocycles. The lowest BCUT2D eigenvalue weighted by atomic mass is 10.2. The van der Waals surface area contributed by atoms with Crippen molar-refractivity contribution in [3.8, 4) is 6.07 Å². The predicted molar refractivity (Wildman–Crippen MR) is 62.4 cm³/mol. The fourth-order valence-corrected chi connectivity index (χ4v) is 2.57. The minimum Gasteiger partial charge on any atom is -0.301 e. The van der Waals surface area contributed by atoms with E-state index in [0.29, 0.717) is 11.6 Å². The highest BCUT2D eigenvalue weighted by Gasteiger charge is 2.31. The third-order valence-corrected chi connectivity index (χ3v) is 3.67. The molecule has 2 aliphatic rings. The Kier molecular flexibility index (Phi) is 2.81. The van der Waals surface area contributed by atoms with Crippen molar-refractivity contribution in [2.75, 3.05) is 19.6 Å². The Labute approximate surface area is 101 Å². The molecular weight excluding hydrogens is 214 g/mol. The van der Waals surface area contributed by atoms with Crippen molar-refractivity contribution in [2.24, 2.45) is 0 Å². The fourth-order valence-electron chi connectivity index (χ4n) is 2.57. The Hall–Kier alpha value is -1.41. The molecule has 0 N–H and O–H groups in total. The second-order valence-corrected chi connectivity index (χ2v) is 4.98. The number of likely N-dealkylation sites (tertiary alicyclic amines) is 1. The monoisotopic (exact) mass is 231 g/mol. The quantitative estimate of drug-likeness (QED) is 0.779. The van der Waals surface area contributed by atoms with Gasteiger partial charge >= 0.3 is 0 Å². The van der Waals surface area contributed by atoms with E-state index in [1.807, 2.05) is 4.68 Å². The van der Waals surface area contributed by atoms with Gasteiger partial charge in [-0.25, -0.2) is 4.68 Å². The summed E-state index contributed by atoms with van der Waals surface area (Å²) in [4.78, 5) is 2.46. The molecule has 1 saturated heterocycles. The van der Waals surface area contributed by atoms with Crippen LogP contribution in [0.2, 0.25) is 0 Å². The van der Waals surface area contributed by atoms with E-state index in [1.54, 1.807) is 0 Å². The van der Waals surface area contributed by atoms with Crippen LogP contribution < -0.4 is 0 Å². The zero-order valence-corrected chi connectivity index (χ0v) is 9.97. The van der Waals surface area contributed by atoms with Crippen LogP contribution in [0.5, 0.6) is 0 Å². The van der Waals surface area contributed by atoms with Crippen LogP contribution in [-0.2, 0) is 6.54 Å². The predicted octanol–water partition coefficient (Wildman–Crippen LogP) is 1.12. The van der Waals surface area contributed by atoms with Gasteiger partial charge in [-0.05, 0) is 38.8 Å². The van der Waals surface area contributed by atoms with Gasteiger partial charge in [-0.3, -0.25) is 0 Å². The van der Waals surface area contributed by atoms with Gasteiger partial charge in [0.05, 0.1) is 12.2 Å². The highest BCUT2D eigenvalue weighted by Crippen LogP contribution is 2.40. The molecule has 1 aliphatic carbocycles. The Morgan fingerprint density at radius 1 is 1.24 bits per heavy atom. The lowest BCUT2D eigenvalue weighted by Crippen LogP contribution is -2.25. The summed E-state index contributed by atoms with van der Waals surface area (Å²) in [5, 5.41) is 17.1. The Balaban J connectivity index is 1.69. The maximum Gasteiger partial charge on any atom is 0.186 e. The Morgan fingerprint density at radius 3 is 2.65 bits per heavy atom. The first-order valence-electron chi connectivity index (χ1n) is 6.44. The molecule has 1 aromatic heterocycles.